The lowest BCUT2D eigenvalue weighted by Gasteiger charge is -2.10. The van der Waals surface area contributed by atoms with Crippen LogP contribution < -0.4 is 5.32 Å². The minimum Gasteiger partial charge on any atom is -0.353 e. The standard InChI is InChI=1S/C7H15NOSi/c1-4-6(10)8-7(9)5(2)3/h6H,2,4H2,1,3,10H3,(H,8,9). The van der Waals surface area contributed by atoms with Crippen molar-refractivity contribution in [2.24, 2.45) is 0 Å². The highest BCUT2D eigenvalue weighted by molar-refractivity contribution is 6.13. The van der Waals surface area contributed by atoms with Crippen molar-refractivity contribution in [3.63, 3.8) is 0 Å². The van der Waals surface area contributed by atoms with Crippen LogP contribution in [0.15, 0.2) is 12.2 Å². The molecular weight excluding hydrogens is 142 g/mol. The number of amides is 1. The van der Waals surface area contributed by atoms with E-state index in [2.05, 4.69) is 18.8 Å². The van der Waals surface area contributed by atoms with Crippen LogP contribution in [0.4, 0.5) is 0 Å². The van der Waals surface area contributed by atoms with Gasteiger partial charge in [0, 0.05) is 21.5 Å². The molecule has 0 heterocycles. The molecule has 0 spiro atoms. The van der Waals surface area contributed by atoms with E-state index in [-0.39, 0.29) is 5.91 Å². The number of rotatable bonds is 3. The lowest BCUT2D eigenvalue weighted by Crippen LogP contribution is -2.34. The quantitative estimate of drug-likeness (QED) is 0.445. The molecule has 0 rings (SSSR count). The summed E-state index contributed by atoms with van der Waals surface area (Å²) in [4.78, 5) is 10.9. The molecule has 3 heteroatoms. The summed E-state index contributed by atoms with van der Waals surface area (Å²) in [6.45, 7) is 7.33. The van der Waals surface area contributed by atoms with Gasteiger partial charge in [-0.2, -0.15) is 0 Å². The molecule has 1 N–H and O–H groups in total. The van der Waals surface area contributed by atoms with Gasteiger partial charge in [-0.3, -0.25) is 4.79 Å². The Morgan fingerprint density at radius 1 is 1.80 bits per heavy atom. The fourth-order valence-electron chi connectivity index (χ4n) is 0.449. The van der Waals surface area contributed by atoms with Crippen molar-refractivity contribution >= 4 is 16.1 Å². The Morgan fingerprint density at radius 2 is 2.30 bits per heavy atom. The fraction of sp³-hybridized carbons (Fsp3) is 0.571. The first-order valence-electron chi connectivity index (χ1n) is 3.54. The van der Waals surface area contributed by atoms with E-state index in [1.807, 2.05) is 0 Å². The molecule has 1 atom stereocenters. The van der Waals surface area contributed by atoms with Gasteiger partial charge in [0.05, 0.1) is 0 Å². The largest absolute Gasteiger partial charge is 0.353 e. The average molecular weight is 157 g/mol. The molecule has 1 amide bonds. The van der Waals surface area contributed by atoms with Gasteiger partial charge in [0.1, 0.15) is 0 Å². The van der Waals surface area contributed by atoms with Gasteiger partial charge in [0.15, 0.2) is 0 Å². The maximum atomic E-state index is 10.9. The lowest BCUT2D eigenvalue weighted by atomic mass is 10.3. The van der Waals surface area contributed by atoms with Gasteiger partial charge in [0.25, 0.3) is 0 Å². The van der Waals surface area contributed by atoms with Crippen LogP contribution in [0.2, 0.25) is 0 Å². The molecule has 0 aliphatic rings. The van der Waals surface area contributed by atoms with E-state index in [9.17, 15) is 4.79 Å². The average Bonchev–Trinajstić information content (AvgIpc) is 1.87. The van der Waals surface area contributed by atoms with Gasteiger partial charge in [-0.1, -0.05) is 13.5 Å². The second kappa shape index (κ2) is 4.28. The van der Waals surface area contributed by atoms with Crippen LogP contribution in [0.1, 0.15) is 20.3 Å². The first-order chi connectivity index (χ1) is 4.57. The van der Waals surface area contributed by atoms with Crippen LogP contribution in [0, 0.1) is 0 Å². The Morgan fingerprint density at radius 3 is 2.60 bits per heavy atom. The first kappa shape index (κ1) is 9.43. The molecule has 2 nitrogen and oxygen atoms in total. The Hall–Kier alpha value is -0.573. The smallest absolute Gasteiger partial charge is 0.246 e. The van der Waals surface area contributed by atoms with Crippen molar-refractivity contribution in [3.05, 3.63) is 12.2 Å². The SMILES string of the molecule is C=C(C)C(=O)NC([SiH3])CC. The van der Waals surface area contributed by atoms with Gasteiger partial charge < -0.3 is 5.32 Å². The molecule has 0 saturated heterocycles. The van der Waals surface area contributed by atoms with Crippen LogP contribution in [-0.2, 0) is 4.79 Å². The Balaban J connectivity index is 3.68. The lowest BCUT2D eigenvalue weighted by molar-refractivity contribution is -0.117. The molecule has 0 aromatic rings. The minimum atomic E-state index is -0.0122. The van der Waals surface area contributed by atoms with Crippen LogP contribution in [0.3, 0.4) is 0 Å². The van der Waals surface area contributed by atoms with E-state index < -0.39 is 0 Å². The summed E-state index contributed by atoms with van der Waals surface area (Å²) in [6.07, 6.45) is 1.02. The normalized spacial score (nSPS) is 12.6. The minimum absolute atomic E-state index is 0.0122. The maximum absolute atomic E-state index is 10.9. The molecule has 0 aromatic heterocycles. The van der Waals surface area contributed by atoms with E-state index >= 15 is 0 Å². The molecule has 0 aromatic carbocycles. The van der Waals surface area contributed by atoms with E-state index in [1.165, 1.54) is 0 Å². The summed E-state index contributed by atoms with van der Waals surface area (Å²) in [5.41, 5.74) is 0.985. The predicted octanol–water partition coefficient (Wildman–Crippen LogP) is -0.220. The third kappa shape index (κ3) is 3.45. The summed E-state index contributed by atoms with van der Waals surface area (Å²) in [5, 5.41) is 2.85. The second-order valence-corrected chi connectivity index (χ2v) is 3.96. The molecule has 0 bridgehead atoms. The summed E-state index contributed by atoms with van der Waals surface area (Å²) in [7, 11) is 1.01. The second-order valence-electron chi connectivity index (χ2n) is 2.56. The van der Waals surface area contributed by atoms with Crippen molar-refractivity contribution in [1.29, 1.82) is 0 Å². The summed E-state index contributed by atoms with van der Waals surface area (Å²) in [6, 6.07) is 0. The highest BCUT2D eigenvalue weighted by atomic mass is 28.1. The molecule has 58 valence electrons. The van der Waals surface area contributed by atoms with E-state index in [0.29, 0.717) is 11.2 Å². The predicted molar refractivity (Wildman–Crippen MR) is 47.0 cm³/mol. The Bertz CT molecular complexity index is 145. The third-order valence-electron chi connectivity index (χ3n) is 1.38. The number of nitrogens with one attached hydrogen (secondary N) is 1. The summed E-state index contributed by atoms with van der Waals surface area (Å²) in [5.74, 6) is -0.0122. The molecular formula is C7H15NOSi. The maximum Gasteiger partial charge on any atom is 0.246 e. The van der Waals surface area contributed by atoms with Gasteiger partial charge in [-0.05, 0) is 13.3 Å². The van der Waals surface area contributed by atoms with Crippen molar-refractivity contribution in [3.8, 4) is 0 Å². The van der Waals surface area contributed by atoms with Gasteiger partial charge in [0.2, 0.25) is 5.91 Å². The number of hydrogen-bond acceptors (Lipinski definition) is 1. The summed E-state index contributed by atoms with van der Waals surface area (Å²) >= 11 is 0. The van der Waals surface area contributed by atoms with E-state index in [1.54, 1.807) is 6.92 Å². The molecule has 0 aliphatic carbocycles. The zero-order valence-corrected chi connectivity index (χ0v) is 8.90. The van der Waals surface area contributed by atoms with Crippen molar-refractivity contribution in [1.82, 2.24) is 5.32 Å². The van der Waals surface area contributed by atoms with Crippen molar-refractivity contribution in [2.45, 2.75) is 25.9 Å². The molecule has 1 unspecified atom stereocenters. The van der Waals surface area contributed by atoms with Crippen LogP contribution >= 0.6 is 0 Å². The monoisotopic (exact) mass is 157 g/mol. The van der Waals surface area contributed by atoms with E-state index in [0.717, 1.165) is 16.7 Å². The third-order valence-corrected chi connectivity index (χ3v) is 2.48. The summed E-state index contributed by atoms with van der Waals surface area (Å²) < 4.78 is 0. The van der Waals surface area contributed by atoms with Gasteiger partial charge in [-0.25, -0.2) is 0 Å². The number of carbonyl (C=O) groups excluding carboxylic acids is 1. The Kier molecular flexibility index (Phi) is 4.03. The highest BCUT2D eigenvalue weighted by Gasteiger charge is 2.03. The fourth-order valence-corrected chi connectivity index (χ4v) is 0.711. The molecule has 0 saturated carbocycles. The van der Waals surface area contributed by atoms with Crippen molar-refractivity contribution in [2.75, 3.05) is 0 Å². The highest BCUT2D eigenvalue weighted by Crippen LogP contribution is 1.89. The van der Waals surface area contributed by atoms with Crippen LogP contribution in [0.25, 0.3) is 0 Å². The molecule has 10 heavy (non-hydrogen) atoms. The number of hydrogen-bond donors (Lipinski definition) is 1. The topological polar surface area (TPSA) is 29.1 Å². The molecule has 0 fully saturated rings. The Labute approximate surface area is 65.1 Å². The van der Waals surface area contributed by atoms with Crippen LogP contribution in [0.5, 0.6) is 0 Å². The molecule has 0 radical (unpaired) electrons. The van der Waals surface area contributed by atoms with E-state index in [4.69, 9.17) is 0 Å². The first-order valence-corrected chi connectivity index (χ1v) is 4.69. The van der Waals surface area contributed by atoms with Gasteiger partial charge >= 0.3 is 0 Å². The number of carbonyl (C=O) groups is 1. The zero-order valence-electron chi connectivity index (χ0n) is 6.90. The van der Waals surface area contributed by atoms with Gasteiger partial charge in [-0.15, -0.1) is 0 Å². The zero-order chi connectivity index (χ0) is 8.15. The van der Waals surface area contributed by atoms with Crippen LogP contribution in [-0.4, -0.2) is 21.8 Å². The molecule has 0 aliphatic heterocycles. The van der Waals surface area contributed by atoms with Crippen molar-refractivity contribution < 1.29 is 4.79 Å².